The predicted octanol–water partition coefficient (Wildman–Crippen LogP) is -0.322. The molecule has 2 rings (SSSR count). The second-order valence-electron chi connectivity index (χ2n) is 4.16. The van der Waals surface area contributed by atoms with Gasteiger partial charge < -0.3 is 10.2 Å². The maximum absolute atomic E-state index is 11.6. The smallest absolute Gasteiger partial charge is 0.249 e. The van der Waals surface area contributed by atoms with E-state index in [1.807, 2.05) is 6.92 Å². The third-order valence-electron chi connectivity index (χ3n) is 2.78. The van der Waals surface area contributed by atoms with Crippen molar-refractivity contribution in [3.63, 3.8) is 0 Å². The number of nitrogens with one attached hydrogen (secondary N) is 2. The number of amides is 2. The summed E-state index contributed by atoms with van der Waals surface area (Å²) in [6, 6.07) is 1.32. The van der Waals surface area contributed by atoms with Crippen LogP contribution in [0.1, 0.15) is 12.6 Å². The van der Waals surface area contributed by atoms with E-state index >= 15 is 0 Å². The van der Waals surface area contributed by atoms with E-state index in [1.54, 1.807) is 24.9 Å². The van der Waals surface area contributed by atoms with E-state index in [-0.39, 0.29) is 18.4 Å². The van der Waals surface area contributed by atoms with Gasteiger partial charge in [0.1, 0.15) is 11.9 Å². The van der Waals surface area contributed by atoms with Crippen LogP contribution in [0, 0.1) is 6.92 Å². The Morgan fingerprint density at radius 1 is 1.44 bits per heavy atom. The number of carbonyl (C=O) groups is 2. The highest BCUT2D eigenvalue weighted by atomic mass is 16.2. The molecule has 0 aliphatic carbocycles. The summed E-state index contributed by atoms with van der Waals surface area (Å²) < 4.78 is 0. The van der Waals surface area contributed by atoms with Crippen molar-refractivity contribution >= 4 is 23.6 Å². The van der Waals surface area contributed by atoms with Crippen LogP contribution in [-0.4, -0.2) is 41.4 Å². The molecule has 1 aliphatic heterocycles. The number of rotatable bonds is 2. The van der Waals surface area contributed by atoms with Crippen LogP contribution < -0.4 is 15.5 Å². The monoisotopic (exact) mass is 249 g/mol. The Bertz CT molecular complexity index is 502. The van der Waals surface area contributed by atoms with Crippen LogP contribution in [0.5, 0.6) is 0 Å². The summed E-state index contributed by atoms with van der Waals surface area (Å²) in [5.41, 5.74) is 0.773. The number of hydrogen-bond acceptors (Lipinski definition) is 6. The van der Waals surface area contributed by atoms with Gasteiger partial charge in [-0.05, 0) is 13.8 Å². The van der Waals surface area contributed by atoms with Crippen LogP contribution in [0.3, 0.4) is 0 Å². The lowest BCUT2D eigenvalue weighted by atomic mass is 10.2. The van der Waals surface area contributed by atoms with Crippen LogP contribution >= 0.6 is 0 Å². The molecule has 7 nitrogen and oxygen atoms in total. The number of carbonyl (C=O) groups excluding carboxylic acids is 2. The average molecular weight is 249 g/mol. The fourth-order valence-corrected chi connectivity index (χ4v) is 1.80. The molecule has 0 saturated carbocycles. The molecule has 0 bridgehead atoms. The fraction of sp³-hybridized carbons (Fsp3) is 0.455. The highest BCUT2D eigenvalue weighted by molar-refractivity contribution is 6.04. The zero-order valence-corrected chi connectivity index (χ0v) is 10.5. The second kappa shape index (κ2) is 4.59. The molecular formula is C11H15N5O2. The van der Waals surface area contributed by atoms with Gasteiger partial charge in [-0.1, -0.05) is 0 Å². The van der Waals surface area contributed by atoms with Crippen molar-refractivity contribution in [1.29, 1.82) is 0 Å². The lowest BCUT2D eigenvalue weighted by Crippen LogP contribution is -2.57. The average Bonchev–Trinajstić information content (AvgIpc) is 2.32. The first kappa shape index (κ1) is 12.3. The highest BCUT2D eigenvalue weighted by Crippen LogP contribution is 2.18. The largest absolute Gasteiger partial charge is 0.357 e. The van der Waals surface area contributed by atoms with Crippen LogP contribution in [0.2, 0.25) is 0 Å². The van der Waals surface area contributed by atoms with E-state index in [0.717, 1.165) is 5.69 Å². The molecule has 2 amide bonds. The van der Waals surface area contributed by atoms with E-state index in [4.69, 9.17) is 0 Å². The quantitative estimate of drug-likeness (QED) is 0.698. The van der Waals surface area contributed by atoms with Gasteiger partial charge in [0.25, 0.3) is 0 Å². The third-order valence-corrected chi connectivity index (χ3v) is 2.78. The van der Waals surface area contributed by atoms with Crippen LogP contribution in [0.4, 0.5) is 11.8 Å². The lowest BCUT2D eigenvalue weighted by Gasteiger charge is -2.32. The molecular weight excluding hydrogens is 234 g/mol. The number of hydrogen-bond donors (Lipinski definition) is 2. The Kier molecular flexibility index (Phi) is 3.14. The molecule has 1 unspecified atom stereocenters. The predicted molar refractivity (Wildman–Crippen MR) is 66.3 cm³/mol. The van der Waals surface area contributed by atoms with Crippen LogP contribution in [0.25, 0.3) is 0 Å². The molecule has 18 heavy (non-hydrogen) atoms. The van der Waals surface area contributed by atoms with Crippen molar-refractivity contribution in [1.82, 2.24) is 15.3 Å². The first-order chi connectivity index (χ1) is 8.51. The van der Waals surface area contributed by atoms with Gasteiger partial charge in [-0.25, -0.2) is 4.98 Å². The van der Waals surface area contributed by atoms with Crippen LogP contribution in [0.15, 0.2) is 6.07 Å². The first-order valence-corrected chi connectivity index (χ1v) is 5.65. The van der Waals surface area contributed by atoms with E-state index in [0.29, 0.717) is 11.8 Å². The molecule has 1 aromatic heterocycles. The first-order valence-electron chi connectivity index (χ1n) is 5.65. The molecule has 0 radical (unpaired) electrons. The van der Waals surface area contributed by atoms with Crippen molar-refractivity contribution < 1.29 is 9.59 Å². The summed E-state index contributed by atoms with van der Waals surface area (Å²) in [7, 11) is 1.72. The van der Waals surface area contributed by atoms with Crippen molar-refractivity contribution in [2.24, 2.45) is 0 Å². The van der Waals surface area contributed by atoms with Crippen molar-refractivity contribution in [2.75, 3.05) is 23.8 Å². The van der Waals surface area contributed by atoms with Crippen LogP contribution in [-0.2, 0) is 9.59 Å². The topological polar surface area (TPSA) is 87.2 Å². The summed E-state index contributed by atoms with van der Waals surface area (Å²) in [5, 5.41) is 5.14. The summed E-state index contributed by atoms with van der Waals surface area (Å²) in [5.74, 6) is 0.409. The molecule has 0 spiro atoms. The summed E-state index contributed by atoms with van der Waals surface area (Å²) in [6.45, 7) is 3.69. The van der Waals surface area contributed by atoms with E-state index < -0.39 is 6.04 Å². The zero-order chi connectivity index (χ0) is 13.3. The molecule has 2 heterocycles. The minimum absolute atomic E-state index is 0.118. The highest BCUT2D eigenvalue weighted by Gasteiger charge is 2.31. The van der Waals surface area contributed by atoms with Gasteiger partial charge in [-0.3, -0.25) is 14.9 Å². The molecule has 1 aromatic rings. The number of aryl methyl sites for hydroxylation is 1. The minimum atomic E-state index is -0.429. The van der Waals surface area contributed by atoms with Gasteiger partial charge in [0.05, 0.1) is 6.54 Å². The SMILES string of the molecule is CNc1nc(C)cc(N2CC(=O)NC(=O)C2C)n1. The number of nitrogens with zero attached hydrogens (tertiary/aromatic N) is 3. The molecule has 1 fully saturated rings. The lowest BCUT2D eigenvalue weighted by molar-refractivity contribution is -0.132. The summed E-state index contributed by atoms with van der Waals surface area (Å²) in [4.78, 5) is 33.1. The maximum atomic E-state index is 11.6. The maximum Gasteiger partial charge on any atom is 0.249 e. The molecule has 2 N–H and O–H groups in total. The Balaban J connectivity index is 2.37. The standard InChI is InChI=1S/C11H15N5O2/c1-6-4-8(14-11(12-3)13-6)16-5-9(17)15-10(18)7(16)2/h4,7H,5H2,1-3H3,(H,12,13,14)(H,15,17,18). The van der Waals surface area contributed by atoms with E-state index in [2.05, 4.69) is 20.6 Å². The minimum Gasteiger partial charge on any atom is -0.357 e. The zero-order valence-electron chi connectivity index (χ0n) is 10.5. The van der Waals surface area contributed by atoms with Crippen molar-refractivity contribution in [3.8, 4) is 0 Å². The van der Waals surface area contributed by atoms with Crippen molar-refractivity contribution in [3.05, 3.63) is 11.8 Å². The molecule has 1 saturated heterocycles. The van der Waals surface area contributed by atoms with Gasteiger partial charge in [-0.2, -0.15) is 4.98 Å². The van der Waals surface area contributed by atoms with Gasteiger partial charge in [-0.15, -0.1) is 0 Å². The Morgan fingerprint density at radius 2 is 2.17 bits per heavy atom. The molecule has 1 atom stereocenters. The molecule has 7 heteroatoms. The molecule has 96 valence electrons. The molecule has 0 aromatic carbocycles. The number of aromatic nitrogens is 2. The van der Waals surface area contributed by atoms with Gasteiger partial charge >= 0.3 is 0 Å². The van der Waals surface area contributed by atoms with E-state index in [1.165, 1.54) is 0 Å². The van der Waals surface area contributed by atoms with E-state index in [9.17, 15) is 9.59 Å². The molecule has 1 aliphatic rings. The fourth-order valence-electron chi connectivity index (χ4n) is 1.80. The van der Waals surface area contributed by atoms with Gasteiger partial charge in [0, 0.05) is 18.8 Å². The number of piperazine rings is 1. The Morgan fingerprint density at radius 3 is 2.83 bits per heavy atom. The van der Waals surface area contributed by atoms with Gasteiger partial charge in [0.2, 0.25) is 17.8 Å². The van der Waals surface area contributed by atoms with Gasteiger partial charge in [0.15, 0.2) is 0 Å². The Hall–Kier alpha value is -2.18. The summed E-state index contributed by atoms with van der Waals surface area (Å²) >= 11 is 0. The number of imide groups is 1. The third kappa shape index (κ3) is 2.24. The second-order valence-corrected chi connectivity index (χ2v) is 4.16. The number of anilines is 2. The Labute approximate surface area is 105 Å². The van der Waals surface area contributed by atoms with Crippen molar-refractivity contribution in [2.45, 2.75) is 19.9 Å². The normalized spacial score (nSPS) is 19.7. The summed E-state index contributed by atoms with van der Waals surface area (Å²) in [6.07, 6.45) is 0.